The molecule has 0 N–H and O–H groups in total. The summed E-state index contributed by atoms with van der Waals surface area (Å²) in [6, 6.07) is 5.71. The Hall–Kier alpha value is -1.58. The molecule has 88 valence electrons. The highest BCUT2D eigenvalue weighted by molar-refractivity contribution is 5.63. The van der Waals surface area contributed by atoms with Crippen molar-refractivity contribution in [1.29, 1.82) is 0 Å². The number of ether oxygens (including phenoxy) is 2. The first kappa shape index (κ1) is 12.5. The molecule has 0 amide bonds. The van der Waals surface area contributed by atoms with E-state index in [4.69, 9.17) is 4.74 Å². The van der Waals surface area contributed by atoms with Gasteiger partial charge >= 0.3 is 6.16 Å². The lowest BCUT2D eigenvalue weighted by Crippen LogP contribution is -2.12. The van der Waals surface area contributed by atoms with Crippen LogP contribution in [-0.2, 0) is 4.74 Å². The number of halogens is 1. The summed E-state index contributed by atoms with van der Waals surface area (Å²) >= 11 is 0. The van der Waals surface area contributed by atoms with Crippen molar-refractivity contribution in [3.05, 3.63) is 30.1 Å². The molecular weight excluding hydrogens is 211 g/mol. The van der Waals surface area contributed by atoms with Crippen LogP contribution in [0.3, 0.4) is 0 Å². The summed E-state index contributed by atoms with van der Waals surface area (Å²) in [5.41, 5.74) is 0. The molecule has 4 heteroatoms. The van der Waals surface area contributed by atoms with E-state index in [9.17, 15) is 9.18 Å². The fraction of sp³-hybridized carbons (Fsp3) is 0.417. The topological polar surface area (TPSA) is 35.5 Å². The van der Waals surface area contributed by atoms with Gasteiger partial charge in [-0.2, -0.15) is 0 Å². The van der Waals surface area contributed by atoms with Crippen molar-refractivity contribution in [3.8, 4) is 5.75 Å². The maximum atomic E-state index is 13.1. The summed E-state index contributed by atoms with van der Waals surface area (Å²) in [7, 11) is 0. The lowest BCUT2D eigenvalue weighted by Gasteiger charge is -2.05. The predicted molar refractivity (Wildman–Crippen MR) is 57.9 cm³/mol. The predicted octanol–water partition coefficient (Wildman–Crippen LogP) is 3.53. The van der Waals surface area contributed by atoms with Crippen molar-refractivity contribution in [3.63, 3.8) is 0 Å². The highest BCUT2D eigenvalue weighted by atomic mass is 19.1. The molecule has 0 fully saturated rings. The molecule has 1 rings (SSSR count). The third-order valence-corrected chi connectivity index (χ3v) is 2.00. The molecule has 0 aromatic heterocycles. The first-order chi connectivity index (χ1) is 7.74. The van der Waals surface area contributed by atoms with Crippen LogP contribution in [0.2, 0.25) is 0 Å². The van der Waals surface area contributed by atoms with Gasteiger partial charge in [0.25, 0.3) is 0 Å². The molecule has 0 saturated carbocycles. The van der Waals surface area contributed by atoms with Gasteiger partial charge in [0.15, 0.2) is 11.6 Å². The van der Waals surface area contributed by atoms with Crippen LogP contribution in [0.5, 0.6) is 5.75 Å². The fourth-order valence-electron chi connectivity index (χ4n) is 1.15. The second-order valence-corrected chi connectivity index (χ2v) is 3.34. The van der Waals surface area contributed by atoms with E-state index >= 15 is 0 Å². The SMILES string of the molecule is CCCCCOC(=O)Oc1ccccc1F. The van der Waals surface area contributed by atoms with Crippen molar-refractivity contribution in [1.82, 2.24) is 0 Å². The van der Waals surface area contributed by atoms with Gasteiger partial charge in [-0.25, -0.2) is 9.18 Å². The largest absolute Gasteiger partial charge is 0.513 e. The van der Waals surface area contributed by atoms with Gasteiger partial charge in [0.2, 0.25) is 0 Å². The number of para-hydroxylation sites is 1. The number of benzene rings is 1. The molecule has 0 aliphatic heterocycles. The van der Waals surface area contributed by atoms with Gasteiger partial charge < -0.3 is 9.47 Å². The van der Waals surface area contributed by atoms with Gasteiger partial charge in [0, 0.05) is 0 Å². The molecule has 0 aliphatic carbocycles. The Balaban J connectivity index is 2.32. The van der Waals surface area contributed by atoms with Crippen molar-refractivity contribution in [2.75, 3.05) is 6.61 Å². The summed E-state index contributed by atoms with van der Waals surface area (Å²) in [6.45, 7) is 2.36. The van der Waals surface area contributed by atoms with E-state index in [1.807, 2.05) is 0 Å². The second kappa shape index (κ2) is 6.82. The van der Waals surface area contributed by atoms with Gasteiger partial charge in [-0.05, 0) is 18.6 Å². The smallest absolute Gasteiger partial charge is 0.434 e. The lowest BCUT2D eigenvalue weighted by molar-refractivity contribution is 0.0959. The first-order valence-electron chi connectivity index (χ1n) is 5.33. The van der Waals surface area contributed by atoms with E-state index in [2.05, 4.69) is 11.7 Å². The van der Waals surface area contributed by atoms with Gasteiger partial charge in [-0.1, -0.05) is 31.9 Å². The maximum absolute atomic E-state index is 13.1. The van der Waals surface area contributed by atoms with Crippen LogP contribution < -0.4 is 4.74 Å². The Morgan fingerprint density at radius 1 is 1.31 bits per heavy atom. The summed E-state index contributed by atoms with van der Waals surface area (Å²) < 4.78 is 22.5. The molecule has 0 bridgehead atoms. The highest BCUT2D eigenvalue weighted by Crippen LogP contribution is 2.15. The van der Waals surface area contributed by atoms with Crippen LogP contribution in [-0.4, -0.2) is 12.8 Å². The molecule has 0 spiro atoms. The lowest BCUT2D eigenvalue weighted by atomic mass is 10.3. The van der Waals surface area contributed by atoms with Gasteiger partial charge in [-0.3, -0.25) is 0 Å². The van der Waals surface area contributed by atoms with Gasteiger partial charge in [-0.15, -0.1) is 0 Å². The number of hydrogen-bond acceptors (Lipinski definition) is 3. The third kappa shape index (κ3) is 4.29. The fourth-order valence-corrected chi connectivity index (χ4v) is 1.15. The first-order valence-corrected chi connectivity index (χ1v) is 5.33. The summed E-state index contributed by atoms with van der Waals surface area (Å²) in [4.78, 5) is 11.1. The van der Waals surface area contributed by atoms with E-state index in [1.54, 1.807) is 6.07 Å². The molecule has 0 saturated heterocycles. The molecule has 0 radical (unpaired) electrons. The summed E-state index contributed by atoms with van der Waals surface area (Å²) in [5.74, 6) is -0.684. The van der Waals surface area contributed by atoms with Crippen LogP contribution in [0.1, 0.15) is 26.2 Å². The Kier molecular flexibility index (Phi) is 5.32. The summed E-state index contributed by atoms with van der Waals surface area (Å²) in [5, 5.41) is 0. The average molecular weight is 226 g/mol. The highest BCUT2D eigenvalue weighted by Gasteiger charge is 2.09. The normalized spacial score (nSPS) is 9.88. The Morgan fingerprint density at radius 2 is 2.06 bits per heavy atom. The number of unbranched alkanes of at least 4 members (excludes halogenated alkanes) is 2. The van der Waals surface area contributed by atoms with Crippen LogP contribution in [0.25, 0.3) is 0 Å². The number of rotatable bonds is 5. The van der Waals surface area contributed by atoms with E-state index in [0.717, 1.165) is 19.3 Å². The minimum Gasteiger partial charge on any atom is -0.434 e. The standard InChI is InChI=1S/C12H15FO3/c1-2-3-6-9-15-12(14)16-11-8-5-4-7-10(11)13/h4-5,7-8H,2-3,6,9H2,1H3. The van der Waals surface area contributed by atoms with E-state index in [0.29, 0.717) is 6.61 Å². The van der Waals surface area contributed by atoms with Crippen molar-refractivity contribution < 1.29 is 18.7 Å². The third-order valence-electron chi connectivity index (χ3n) is 2.00. The van der Waals surface area contributed by atoms with E-state index in [1.165, 1.54) is 18.2 Å². The Morgan fingerprint density at radius 3 is 2.75 bits per heavy atom. The zero-order chi connectivity index (χ0) is 11.8. The molecule has 0 unspecified atom stereocenters. The molecule has 3 nitrogen and oxygen atoms in total. The van der Waals surface area contributed by atoms with E-state index < -0.39 is 12.0 Å². The molecular formula is C12H15FO3. The van der Waals surface area contributed by atoms with Crippen molar-refractivity contribution in [2.45, 2.75) is 26.2 Å². The minimum atomic E-state index is -0.860. The van der Waals surface area contributed by atoms with E-state index in [-0.39, 0.29) is 5.75 Å². The van der Waals surface area contributed by atoms with Crippen LogP contribution >= 0.6 is 0 Å². The second-order valence-electron chi connectivity index (χ2n) is 3.34. The maximum Gasteiger partial charge on any atom is 0.513 e. The molecule has 16 heavy (non-hydrogen) atoms. The Labute approximate surface area is 94.2 Å². The molecule has 1 aromatic rings. The van der Waals surface area contributed by atoms with Crippen LogP contribution in [0.4, 0.5) is 9.18 Å². The molecule has 0 atom stereocenters. The van der Waals surface area contributed by atoms with Crippen LogP contribution in [0.15, 0.2) is 24.3 Å². The zero-order valence-corrected chi connectivity index (χ0v) is 9.24. The van der Waals surface area contributed by atoms with Crippen LogP contribution in [0, 0.1) is 5.82 Å². The number of carbonyl (C=O) groups is 1. The van der Waals surface area contributed by atoms with Gasteiger partial charge in [0.05, 0.1) is 6.61 Å². The quantitative estimate of drug-likeness (QED) is 0.437. The van der Waals surface area contributed by atoms with Crippen molar-refractivity contribution in [2.24, 2.45) is 0 Å². The summed E-state index contributed by atoms with van der Waals surface area (Å²) in [6.07, 6.45) is 1.97. The monoisotopic (exact) mass is 226 g/mol. The minimum absolute atomic E-state index is 0.108. The zero-order valence-electron chi connectivity index (χ0n) is 9.24. The average Bonchev–Trinajstić information content (AvgIpc) is 2.28. The molecule has 1 aromatic carbocycles. The Bertz CT molecular complexity index is 339. The number of carbonyl (C=O) groups excluding carboxylic acids is 1. The molecule has 0 aliphatic rings. The number of hydrogen-bond donors (Lipinski definition) is 0. The molecule has 0 heterocycles. The van der Waals surface area contributed by atoms with Crippen molar-refractivity contribution >= 4 is 6.16 Å². The van der Waals surface area contributed by atoms with Gasteiger partial charge in [0.1, 0.15) is 0 Å².